The van der Waals surface area contributed by atoms with Crippen molar-refractivity contribution in [1.29, 1.82) is 0 Å². The third kappa shape index (κ3) is 8.09. The number of hydrogen-bond donors (Lipinski definition) is 3. The van der Waals surface area contributed by atoms with Gasteiger partial charge in [-0.05, 0) is 70.4 Å². The average molecular weight is 576 g/mol. The molecule has 4 N–H and O–H groups in total. The van der Waals surface area contributed by atoms with Crippen LogP contribution >= 0.6 is 0 Å². The molecule has 1 aliphatic rings. The Kier molecular flexibility index (Phi) is 10.5. The molecular weight excluding hydrogens is 533 g/mol. The summed E-state index contributed by atoms with van der Waals surface area (Å²) in [6, 6.07) is 13.9. The van der Waals surface area contributed by atoms with Gasteiger partial charge < -0.3 is 16.4 Å². The lowest BCUT2D eigenvalue weighted by Crippen LogP contribution is -2.64. The molecule has 40 heavy (non-hydrogen) atoms. The summed E-state index contributed by atoms with van der Waals surface area (Å²) in [5, 5.41) is 5.85. The Labute approximate surface area is 237 Å². The summed E-state index contributed by atoms with van der Waals surface area (Å²) in [4.78, 5) is 28.2. The molecule has 0 saturated carbocycles. The van der Waals surface area contributed by atoms with Crippen LogP contribution in [0.1, 0.15) is 46.6 Å². The monoisotopic (exact) mass is 575 g/mol. The summed E-state index contributed by atoms with van der Waals surface area (Å²) >= 11 is 0. The number of sulfonamides is 1. The number of carbonyl (C=O) groups excluding carboxylic acids is 2. The van der Waals surface area contributed by atoms with Crippen molar-refractivity contribution in [1.82, 2.24) is 14.5 Å². The van der Waals surface area contributed by atoms with Gasteiger partial charge in [0.15, 0.2) is 0 Å². The van der Waals surface area contributed by atoms with Crippen molar-refractivity contribution in [3.63, 3.8) is 0 Å². The number of hydrogen-bond acceptors (Lipinski definition) is 6. The highest BCUT2D eigenvalue weighted by Gasteiger charge is 2.43. The first-order valence-corrected chi connectivity index (χ1v) is 15.2. The number of halogens is 1. The Balaban J connectivity index is 1.73. The summed E-state index contributed by atoms with van der Waals surface area (Å²) in [5.74, 6) is -1.73. The Morgan fingerprint density at radius 2 is 1.65 bits per heavy atom. The summed E-state index contributed by atoms with van der Waals surface area (Å²) in [5.41, 5.74) is 6.96. The molecule has 1 aliphatic heterocycles. The molecule has 3 atom stereocenters. The van der Waals surface area contributed by atoms with Crippen LogP contribution in [0.15, 0.2) is 54.6 Å². The highest BCUT2D eigenvalue weighted by Crippen LogP contribution is 2.24. The number of benzene rings is 2. The molecule has 0 aliphatic carbocycles. The number of amides is 2. The zero-order valence-electron chi connectivity index (χ0n) is 23.9. The van der Waals surface area contributed by atoms with E-state index in [-0.39, 0.29) is 30.2 Å². The number of rotatable bonds is 11. The van der Waals surface area contributed by atoms with Crippen LogP contribution in [0.25, 0.3) is 0 Å². The van der Waals surface area contributed by atoms with Gasteiger partial charge in [0.05, 0.1) is 5.54 Å². The topological polar surface area (TPSA) is 125 Å². The van der Waals surface area contributed by atoms with Crippen LogP contribution in [0.3, 0.4) is 0 Å². The number of carbonyl (C=O) groups is 2. The summed E-state index contributed by atoms with van der Waals surface area (Å²) in [6.07, 6.45) is 0.724. The second-order valence-electron chi connectivity index (χ2n) is 11.3. The molecule has 220 valence electrons. The van der Waals surface area contributed by atoms with Crippen molar-refractivity contribution >= 4 is 27.5 Å². The van der Waals surface area contributed by atoms with E-state index in [1.54, 1.807) is 25.7 Å². The molecule has 1 fully saturated rings. The Morgan fingerprint density at radius 1 is 1.02 bits per heavy atom. The van der Waals surface area contributed by atoms with Gasteiger partial charge in [0.25, 0.3) is 0 Å². The molecule has 2 aromatic rings. The van der Waals surface area contributed by atoms with E-state index in [1.807, 2.05) is 44.2 Å². The van der Waals surface area contributed by atoms with Crippen molar-refractivity contribution in [2.75, 3.05) is 24.3 Å². The van der Waals surface area contributed by atoms with Crippen molar-refractivity contribution < 1.29 is 22.4 Å². The molecule has 0 bridgehead atoms. The van der Waals surface area contributed by atoms with Gasteiger partial charge in [-0.3, -0.25) is 14.5 Å². The molecular formula is C29H42FN5O4S. The summed E-state index contributed by atoms with van der Waals surface area (Å²) in [6.45, 7) is 9.59. The summed E-state index contributed by atoms with van der Waals surface area (Å²) < 4.78 is 40.4. The Morgan fingerprint density at radius 3 is 2.23 bits per heavy atom. The molecule has 0 spiro atoms. The van der Waals surface area contributed by atoms with E-state index in [2.05, 4.69) is 10.6 Å². The predicted octanol–water partition coefficient (Wildman–Crippen LogP) is 2.94. The zero-order valence-corrected chi connectivity index (χ0v) is 24.7. The lowest BCUT2D eigenvalue weighted by atomic mass is 9.91. The SMILES string of the molecule is CC(C)N1CCN(C(C)(C)C(=O)N[C@@H](Cc2ccccc2)[C@@H](N)C[C@@H](C)C(=O)Nc2ccc(F)cc2)CS1(=O)=O. The van der Waals surface area contributed by atoms with Crippen LogP contribution in [-0.2, 0) is 26.0 Å². The van der Waals surface area contributed by atoms with Crippen LogP contribution in [0.2, 0.25) is 0 Å². The standard InChI is InChI=1S/C29H42FN5O4S/c1-20(2)35-16-15-34(19-40(35,38)39)29(4,5)28(37)33-26(18-22-9-7-6-8-10-22)25(31)17-21(3)27(36)32-24-13-11-23(30)12-14-24/h6-14,20-21,25-26H,15-19,31H2,1-5H3,(H,32,36)(H,33,37)/t21-,25+,26+/m1/s1. The zero-order chi connectivity index (χ0) is 29.7. The van der Waals surface area contributed by atoms with E-state index in [9.17, 15) is 22.4 Å². The Bertz CT molecular complexity index is 1250. The van der Waals surface area contributed by atoms with Gasteiger partial charge in [0, 0.05) is 42.8 Å². The minimum Gasteiger partial charge on any atom is -0.350 e. The fraction of sp³-hybridized carbons (Fsp3) is 0.517. The molecule has 2 amide bonds. The molecule has 11 heteroatoms. The molecule has 2 aromatic carbocycles. The van der Waals surface area contributed by atoms with Crippen molar-refractivity contribution in [2.45, 2.75) is 71.1 Å². The van der Waals surface area contributed by atoms with Crippen LogP contribution in [0, 0.1) is 11.7 Å². The Hall–Kier alpha value is -2.86. The molecule has 9 nitrogen and oxygen atoms in total. The molecule has 0 aromatic heterocycles. The van der Waals surface area contributed by atoms with Gasteiger partial charge in [0.2, 0.25) is 21.8 Å². The first-order chi connectivity index (χ1) is 18.7. The number of anilines is 1. The normalized spacial score (nSPS) is 18.6. The number of nitrogens with one attached hydrogen (secondary N) is 2. The van der Waals surface area contributed by atoms with Crippen molar-refractivity contribution in [3.8, 4) is 0 Å². The first kappa shape index (κ1) is 31.7. The summed E-state index contributed by atoms with van der Waals surface area (Å²) in [7, 11) is -3.55. The fourth-order valence-corrected chi connectivity index (χ4v) is 6.85. The lowest BCUT2D eigenvalue weighted by Gasteiger charge is -2.44. The van der Waals surface area contributed by atoms with E-state index in [0.717, 1.165) is 5.56 Å². The largest absolute Gasteiger partial charge is 0.350 e. The van der Waals surface area contributed by atoms with E-state index >= 15 is 0 Å². The van der Waals surface area contributed by atoms with E-state index < -0.39 is 39.4 Å². The quantitative estimate of drug-likeness (QED) is 0.379. The maximum atomic E-state index is 13.7. The van der Waals surface area contributed by atoms with E-state index in [0.29, 0.717) is 25.2 Å². The lowest BCUT2D eigenvalue weighted by molar-refractivity contribution is -0.132. The third-order valence-electron chi connectivity index (χ3n) is 7.51. The second kappa shape index (κ2) is 13.2. The van der Waals surface area contributed by atoms with Crippen LogP contribution < -0.4 is 16.4 Å². The molecule has 0 unspecified atom stereocenters. The van der Waals surface area contributed by atoms with Crippen LogP contribution in [-0.4, -0.2) is 72.1 Å². The highest BCUT2D eigenvalue weighted by atomic mass is 32.2. The van der Waals surface area contributed by atoms with Gasteiger partial charge in [-0.1, -0.05) is 37.3 Å². The second-order valence-corrected chi connectivity index (χ2v) is 13.2. The molecule has 0 radical (unpaired) electrons. The van der Waals surface area contributed by atoms with E-state index in [1.165, 1.54) is 28.6 Å². The van der Waals surface area contributed by atoms with Gasteiger partial charge in [-0.25, -0.2) is 12.8 Å². The molecule has 3 rings (SSSR count). The van der Waals surface area contributed by atoms with Crippen LogP contribution in [0.4, 0.5) is 10.1 Å². The van der Waals surface area contributed by atoms with Gasteiger partial charge in [0.1, 0.15) is 11.7 Å². The van der Waals surface area contributed by atoms with Crippen molar-refractivity contribution in [2.24, 2.45) is 11.7 Å². The minimum atomic E-state index is -3.55. The smallest absolute Gasteiger partial charge is 0.240 e. The maximum absolute atomic E-state index is 13.7. The van der Waals surface area contributed by atoms with E-state index in [4.69, 9.17) is 5.73 Å². The van der Waals surface area contributed by atoms with Gasteiger partial charge in [-0.2, -0.15) is 4.31 Å². The van der Waals surface area contributed by atoms with Gasteiger partial charge in [-0.15, -0.1) is 0 Å². The van der Waals surface area contributed by atoms with Crippen LogP contribution in [0.5, 0.6) is 0 Å². The predicted molar refractivity (Wildman–Crippen MR) is 155 cm³/mol. The molecule has 1 heterocycles. The molecule has 1 saturated heterocycles. The average Bonchev–Trinajstić information content (AvgIpc) is 2.89. The number of nitrogens with zero attached hydrogens (tertiary/aromatic N) is 2. The first-order valence-electron chi connectivity index (χ1n) is 13.6. The van der Waals surface area contributed by atoms with Crippen molar-refractivity contribution in [3.05, 3.63) is 66.0 Å². The van der Waals surface area contributed by atoms with Gasteiger partial charge >= 0.3 is 0 Å². The fourth-order valence-electron chi connectivity index (χ4n) is 4.86. The maximum Gasteiger partial charge on any atom is 0.240 e. The highest BCUT2D eigenvalue weighted by molar-refractivity contribution is 7.89. The third-order valence-corrected chi connectivity index (χ3v) is 9.46. The number of nitrogens with two attached hydrogens (primary N) is 1. The minimum absolute atomic E-state index is 0.153.